The SMILES string of the molecule is Cc1ccccc1[C@H]1[C@H]2CNC[C@H]2CN1C(=O)c1cc(C)c2nc(N)sc2c1. The lowest BCUT2D eigenvalue weighted by Crippen LogP contribution is -2.35. The van der Waals surface area contributed by atoms with Crippen molar-refractivity contribution in [2.45, 2.75) is 19.9 Å². The number of nitrogens with two attached hydrogens (primary N) is 1. The van der Waals surface area contributed by atoms with Gasteiger partial charge in [-0.15, -0.1) is 0 Å². The second-order valence-corrected chi connectivity index (χ2v) is 9.10. The van der Waals surface area contributed by atoms with E-state index in [1.165, 1.54) is 22.5 Å². The van der Waals surface area contributed by atoms with Crippen molar-refractivity contribution in [3.8, 4) is 0 Å². The highest BCUT2D eigenvalue weighted by Gasteiger charge is 2.47. The molecule has 5 rings (SSSR count). The number of hydrogen-bond acceptors (Lipinski definition) is 5. The summed E-state index contributed by atoms with van der Waals surface area (Å²) >= 11 is 1.44. The van der Waals surface area contributed by atoms with Crippen LogP contribution in [0.4, 0.5) is 5.13 Å². The number of benzene rings is 2. The normalized spacial score (nSPS) is 24.1. The summed E-state index contributed by atoms with van der Waals surface area (Å²) in [6, 6.07) is 12.5. The quantitative estimate of drug-likeness (QED) is 0.700. The Hall–Kier alpha value is -2.44. The number of anilines is 1. The van der Waals surface area contributed by atoms with Crippen LogP contribution < -0.4 is 11.1 Å². The predicted octanol–water partition coefficient (Wildman–Crippen LogP) is 3.53. The Morgan fingerprint density at radius 3 is 2.86 bits per heavy atom. The average molecular weight is 393 g/mol. The highest BCUT2D eigenvalue weighted by atomic mass is 32.1. The summed E-state index contributed by atoms with van der Waals surface area (Å²) < 4.78 is 0.981. The zero-order valence-corrected chi connectivity index (χ0v) is 16.9. The van der Waals surface area contributed by atoms with Crippen molar-refractivity contribution in [2.24, 2.45) is 11.8 Å². The van der Waals surface area contributed by atoms with Crippen LogP contribution in [0.15, 0.2) is 36.4 Å². The number of carbonyl (C=O) groups excluding carboxylic acids is 1. The first-order valence-corrected chi connectivity index (χ1v) is 10.6. The van der Waals surface area contributed by atoms with Gasteiger partial charge in [-0.3, -0.25) is 4.79 Å². The number of nitrogens with zero attached hydrogens (tertiary/aromatic N) is 2. The van der Waals surface area contributed by atoms with Crippen molar-refractivity contribution in [2.75, 3.05) is 25.4 Å². The summed E-state index contributed by atoms with van der Waals surface area (Å²) in [6.07, 6.45) is 0. The molecule has 144 valence electrons. The van der Waals surface area contributed by atoms with Crippen molar-refractivity contribution >= 4 is 32.6 Å². The fourth-order valence-corrected chi connectivity index (χ4v) is 5.80. The van der Waals surface area contributed by atoms with Crippen LogP contribution in [0.1, 0.15) is 33.1 Å². The molecule has 0 unspecified atom stereocenters. The molecule has 3 heterocycles. The summed E-state index contributed by atoms with van der Waals surface area (Å²) in [5, 5.41) is 4.06. The van der Waals surface area contributed by atoms with Crippen LogP contribution in [-0.4, -0.2) is 35.4 Å². The Morgan fingerprint density at radius 2 is 2.04 bits per heavy atom. The lowest BCUT2D eigenvalue weighted by atomic mass is 9.87. The van der Waals surface area contributed by atoms with Gasteiger partial charge >= 0.3 is 0 Å². The van der Waals surface area contributed by atoms with Crippen LogP contribution in [0.5, 0.6) is 0 Å². The van der Waals surface area contributed by atoms with Crippen molar-refractivity contribution in [1.29, 1.82) is 0 Å². The number of fused-ring (bicyclic) bond motifs is 2. The number of carbonyl (C=O) groups is 1. The van der Waals surface area contributed by atoms with Crippen LogP contribution >= 0.6 is 11.3 Å². The van der Waals surface area contributed by atoms with Crippen LogP contribution in [0.25, 0.3) is 10.2 Å². The summed E-state index contributed by atoms with van der Waals surface area (Å²) in [5.74, 6) is 1.09. The molecule has 0 aliphatic carbocycles. The Bertz CT molecular complexity index is 1080. The second kappa shape index (κ2) is 6.57. The molecule has 6 heteroatoms. The van der Waals surface area contributed by atoms with E-state index in [1.54, 1.807) is 0 Å². The Balaban J connectivity index is 1.57. The molecule has 2 fully saturated rings. The minimum absolute atomic E-state index is 0.111. The van der Waals surface area contributed by atoms with Gasteiger partial charge in [0.2, 0.25) is 0 Å². The van der Waals surface area contributed by atoms with Gasteiger partial charge in [0.25, 0.3) is 5.91 Å². The van der Waals surface area contributed by atoms with Crippen LogP contribution in [0.3, 0.4) is 0 Å². The third-order valence-electron chi connectivity index (χ3n) is 6.28. The first-order valence-electron chi connectivity index (χ1n) is 9.77. The average Bonchev–Trinajstić information content (AvgIpc) is 3.35. The Labute approximate surface area is 168 Å². The number of hydrogen-bond donors (Lipinski definition) is 2. The first-order chi connectivity index (χ1) is 13.5. The van der Waals surface area contributed by atoms with Gasteiger partial charge in [-0.05, 0) is 48.6 Å². The van der Waals surface area contributed by atoms with E-state index >= 15 is 0 Å². The number of thiazole rings is 1. The Kier molecular flexibility index (Phi) is 4.14. The number of aryl methyl sites for hydroxylation is 2. The largest absolute Gasteiger partial charge is 0.375 e. The van der Waals surface area contributed by atoms with E-state index in [-0.39, 0.29) is 11.9 Å². The molecule has 0 bridgehead atoms. The number of nitrogen functional groups attached to an aromatic ring is 1. The van der Waals surface area contributed by atoms with Crippen molar-refractivity contribution in [1.82, 2.24) is 15.2 Å². The van der Waals surface area contributed by atoms with Gasteiger partial charge in [-0.2, -0.15) is 0 Å². The predicted molar refractivity (Wildman–Crippen MR) is 114 cm³/mol. The van der Waals surface area contributed by atoms with Gasteiger partial charge in [-0.25, -0.2) is 4.98 Å². The fourth-order valence-electron chi connectivity index (χ4n) is 4.95. The smallest absolute Gasteiger partial charge is 0.254 e. The van der Waals surface area contributed by atoms with Gasteiger partial charge < -0.3 is 16.0 Å². The fraction of sp³-hybridized carbons (Fsp3) is 0.364. The molecule has 3 N–H and O–H groups in total. The highest BCUT2D eigenvalue weighted by Crippen LogP contribution is 2.44. The van der Waals surface area contributed by atoms with E-state index in [4.69, 9.17) is 5.73 Å². The third kappa shape index (κ3) is 2.71. The van der Waals surface area contributed by atoms with Gasteiger partial charge in [-0.1, -0.05) is 35.6 Å². The minimum atomic E-state index is 0.111. The van der Waals surface area contributed by atoms with Gasteiger partial charge in [0.1, 0.15) is 0 Å². The van der Waals surface area contributed by atoms with E-state index in [0.29, 0.717) is 17.0 Å². The number of likely N-dealkylation sites (tertiary alicyclic amines) is 1. The molecule has 3 aromatic rings. The molecule has 2 aliphatic rings. The van der Waals surface area contributed by atoms with E-state index < -0.39 is 0 Å². The van der Waals surface area contributed by atoms with E-state index in [0.717, 1.165) is 41.0 Å². The molecule has 28 heavy (non-hydrogen) atoms. The topological polar surface area (TPSA) is 71.2 Å². The molecule has 1 aromatic heterocycles. The van der Waals surface area contributed by atoms with Crippen LogP contribution in [0.2, 0.25) is 0 Å². The number of aromatic nitrogens is 1. The van der Waals surface area contributed by atoms with Crippen molar-refractivity contribution < 1.29 is 4.79 Å². The Morgan fingerprint density at radius 1 is 1.21 bits per heavy atom. The maximum absolute atomic E-state index is 13.6. The van der Waals surface area contributed by atoms with Crippen molar-refractivity contribution in [3.63, 3.8) is 0 Å². The molecule has 2 aliphatic heterocycles. The maximum Gasteiger partial charge on any atom is 0.254 e. The second-order valence-electron chi connectivity index (χ2n) is 8.03. The molecule has 5 nitrogen and oxygen atoms in total. The summed E-state index contributed by atoms with van der Waals surface area (Å²) in [6.45, 7) is 6.90. The van der Waals surface area contributed by atoms with Gasteiger partial charge in [0.05, 0.1) is 16.3 Å². The number of nitrogens with one attached hydrogen (secondary N) is 1. The van der Waals surface area contributed by atoms with Crippen molar-refractivity contribution in [3.05, 3.63) is 58.7 Å². The monoisotopic (exact) mass is 392 g/mol. The van der Waals surface area contributed by atoms with Crippen LogP contribution in [0, 0.1) is 25.7 Å². The maximum atomic E-state index is 13.6. The molecule has 2 aromatic carbocycles. The lowest BCUT2D eigenvalue weighted by Gasteiger charge is -2.30. The number of rotatable bonds is 2. The van der Waals surface area contributed by atoms with E-state index in [2.05, 4.69) is 46.4 Å². The summed E-state index contributed by atoms with van der Waals surface area (Å²) in [4.78, 5) is 20.1. The minimum Gasteiger partial charge on any atom is -0.375 e. The molecular formula is C22H24N4OS. The highest BCUT2D eigenvalue weighted by molar-refractivity contribution is 7.22. The van der Waals surface area contributed by atoms with Gasteiger partial charge in [0, 0.05) is 31.1 Å². The number of amides is 1. The summed E-state index contributed by atoms with van der Waals surface area (Å²) in [7, 11) is 0. The van der Waals surface area contributed by atoms with Crippen LogP contribution in [-0.2, 0) is 0 Å². The standard InChI is InChI=1S/C22H24N4OS/c1-12-5-3-4-6-16(12)20-17-10-24-9-15(17)11-26(20)21(27)14-7-13(2)19-18(8-14)28-22(23)25-19/h3-8,15,17,20,24H,9-11H2,1-2H3,(H2,23,25)/t15-,17-,20-/m0/s1. The van der Waals surface area contributed by atoms with E-state index in [9.17, 15) is 4.79 Å². The molecule has 2 saturated heterocycles. The third-order valence-corrected chi connectivity index (χ3v) is 7.11. The molecule has 0 saturated carbocycles. The van der Waals surface area contributed by atoms with Gasteiger partial charge in [0.15, 0.2) is 5.13 Å². The zero-order valence-electron chi connectivity index (χ0n) is 16.1. The van der Waals surface area contributed by atoms with E-state index in [1.807, 2.05) is 19.1 Å². The molecule has 3 atom stereocenters. The molecular weight excluding hydrogens is 368 g/mol. The molecule has 1 amide bonds. The lowest BCUT2D eigenvalue weighted by molar-refractivity contribution is 0.0714. The zero-order chi connectivity index (χ0) is 19.4. The summed E-state index contributed by atoms with van der Waals surface area (Å²) in [5.41, 5.74) is 11.0. The molecule has 0 radical (unpaired) electrons. The molecule has 0 spiro atoms. The first kappa shape index (κ1) is 17.6.